The Morgan fingerprint density at radius 1 is 1.00 bits per heavy atom. The standard InChI is InChI=1S/C13H21N7O/c1-5-9-15-10(6-2)20(19-9)12-16-11(14-7-3)17-13(18-12)21-8-4/h5-8H2,1-4H3,(H,14,16,17,18). The van der Waals surface area contributed by atoms with E-state index in [1.54, 1.807) is 4.68 Å². The number of hydrogen-bond donors (Lipinski definition) is 1. The third-order valence-electron chi connectivity index (χ3n) is 2.75. The first-order valence-corrected chi connectivity index (χ1v) is 7.29. The Bertz CT molecular complexity index is 572. The van der Waals surface area contributed by atoms with Crippen molar-refractivity contribution in [2.75, 3.05) is 18.5 Å². The summed E-state index contributed by atoms with van der Waals surface area (Å²) in [6, 6.07) is 0.286. The maximum absolute atomic E-state index is 5.40. The van der Waals surface area contributed by atoms with Gasteiger partial charge in [0.05, 0.1) is 6.61 Å². The Balaban J connectivity index is 2.48. The summed E-state index contributed by atoms with van der Waals surface area (Å²) in [7, 11) is 0. The average Bonchev–Trinajstić information content (AvgIpc) is 2.91. The molecule has 0 aromatic carbocycles. The molecule has 21 heavy (non-hydrogen) atoms. The SMILES string of the molecule is CCNc1nc(OCC)nc(-n2nc(CC)nc2CC)n1. The highest BCUT2D eigenvalue weighted by Crippen LogP contribution is 2.13. The molecule has 8 nitrogen and oxygen atoms in total. The molecule has 2 aromatic heterocycles. The number of anilines is 1. The van der Waals surface area contributed by atoms with Gasteiger partial charge in [-0.15, -0.1) is 5.10 Å². The molecule has 0 aliphatic rings. The average molecular weight is 291 g/mol. The summed E-state index contributed by atoms with van der Waals surface area (Å²) in [5, 5.41) is 7.51. The third kappa shape index (κ3) is 3.45. The number of nitrogens with one attached hydrogen (secondary N) is 1. The third-order valence-corrected chi connectivity index (χ3v) is 2.75. The molecule has 0 amide bonds. The van der Waals surface area contributed by atoms with Gasteiger partial charge in [0.25, 0.3) is 5.95 Å². The van der Waals surface area contributed by atoms with Crippen molar-refractivity contribution in [3.8, 4) is 12.0 Å². The fraction of sp³-hybridized carbons (Fsp3) is 0.615. The highest BCUT2D eigenvalue weighted by Gasteiger charge is 2.14. The number of hydrogen-bond acceptors (Lipinski definition) is 7. The fourth-order valence-electron chi connectivity index (χ4n) is 1.80. The van der Waals surface area contributed by atoms with Gasteiger partial charge in [-0.25, -0.2) is 4.98 Å². The minimum absolute atomic E-state index is 0.286. The molecule has 2 rings (SSSR count). The van der Waals surface area contributed by atoms with Crippen molar-refractivity contribution in [3.05, 3.63) is 11.6 Å². The Kier molecular flexibility index (Phi) is 5.02. The van der Waals surface area contributed by atoms with E-state index in [0.717, 1.165) is 24.5 Å². The number of nitrogens with zero attached hydrogens (tertiary/aromatic N) is 6. The zero-order valence-electron chi connectivity index (χ0n) is 12.9. The first kappa shape index (κ1) is 15.1. The number of aryl methyl sites for hydroxylation is 2. The van der Waals surface area contributed by atoms with Crippen molar-refractivity contribution in [2.45, 2.75) is 40.5 Å². The van der Waals surface area contributed by atoms with Gasteiger partial charge in [-0.05, 0) is 13.8 Å². The fourth-order valence-corrected chi connectivity index (χ4v) is 1.80. The number of ether oxygens (including phenoxy) is 1. The molecule has 0 aliphatic carbocycles. The second-order valence-electron chi connectivity index (χ2n) is 4.27. The van der Waals surface area contributed by atoms with Crippen molar-refractivity contribution in [1.82, 2.24) is 29.7 Å². The van der Waals surface area contributed by atoms with Gasteiger partial charge in [-0.1, -0.05) is 13.8 Å². The Morgan fingerprint density at radius 3 is 2.43 bits per heavy atom. The van der Waals surface area contributed by atoms with Crippen molar-refractivity contribution in [3.63, 3.8) is 0 Å². The summed E-state index contributed by atoms with van der Waals surface area (Å²) in [5.41, 5.74) is 0. The van der Waals surface area contributed by atoms with Gasteiger partial charge in [0.1, 0.15) is 5.82 Å². The molecule has 114 valence electrons. The molecule has 0 radical (unpaired) electrons. The molecule has 2 aromatic rings. The van der Waals surface area contributed by atoms with E-state index in [9.17, 15) is 0 Å². The van der Waals surface area contributed by atoms with Crippen LogP contribution in [0.3, 0.4) is 0 Å². The lowest BCUT2D eigenvalue weighted by Gasteiger charge is -2.08. The van der Waals surface area contributed by atoms with Gasteiger partial charge in [-0.2, -0.15) is 19.6 Å². The van der Waals surface area contributed by atoms with Crippen molar-refractivity contribution >= 4 is 5.95 Å². The van der Waals surface area contributed by atoms with Crippen LogP contribution in [0, 0.1) is 0 Å². The zero-order valence-corrected chi connectivity index (χ0v) is 12.9. The summed E-state index contributed by atoms with van der Waals surface area (Å²) in [5.74, 6) is 2.49. The second kappa shape index (κ2) is 6.96. The van der Waals surface area contributed by atoms with Crippen LogP contribution in [0.2, 0.25) is 0 Å². The minimum Gasteiger partial charge on any atom is -0.464 e. The van der Waals surface area contributed by atoms with E-state index in [-0.39, 0.29) is 6.01 Å². The van der Waals surface area contributed by atoms with Crippen LogP contribution in [0.15, 0.2) is 0 Å². The molecule has 8 heteroatoms. The summed E-state index contributed by atoms with van der Waals surface area (Å²) in [4.78, 5) is 17.4. The molecule has 0 fully saturated rings. The van der Waals surface area contributed by atoms with Gasteiger partial charge in [0.15, 0.2) is 5.82 Å². The lowest BCUT2D eigenvalue weighted by atomic mass is 10.4. The second-order valence-corrected chi connectivity index (χ2v) is 4.27. The Morgan fingerprint density at radius 2 is 1.81 bits per heavy atom. The van der Waals surface area contributed by atoms with Gasteiger partial charge in [0, 0.05) is 19.4 Å². The molecule has 0 aliphatic heterocycles. The van der Waals surface area contributed by atoms with Crippen LogP contribution in [0.25, 0.3) is 5.95 Å². The summed E-state index contributed by atoms with van der Waals surface area (Å²) in [6.07, 6.45) is 1.52. The van der Waals surface area contributed by atoms with Gasteiger partial charge in [0.2, 0.25) is 5.95 Å². The zero-order chi connectivity index (χ0) is 15.2. The first-order chi connectivity index (χ1) is 10.2. The van der Waals surface area contributed by atoms with Crippen molar-refractivity contribution in [2.24, 2.45) is 0 Å². The lowest BCUT2D eigenvalue weighted by Crippen LogP contribution is -2.13. The first-order valence-electron chi connectivity index (χ1n) is 7.29. The van der Waals surface area contributed by atoms with Crippen LogP contribution in [0.4, 0.5) is 5.95 Å². The monoisotopic (exact) mass is 291 g/mol. The van der Waals surface area contributed by atoms with Crippen molar-refractivity contribution < 1.29 is 4.74 Å². The van der Waals surface area contributed by atoms with E-state index in [1.165, 1.54) is 0 Å². The van der Waals surface area contributed by atoms with Crippen LogP contribution >= 0.6 is 0 Å². The smallest absolute Gasteiger partial charge is 0.323 e. The molecule has 0 saturated heterocycles. The van der Waals surface area contributed by atoms with Crippen LogP contribution in [-0.4, -0.2) is 42.9 Å². The summed E-state index contributed by atoms with van der Waals surface area (Å²) in [6.45, 7) is 9.11. The highest BCUT2D eigenvalue weighted by atomic mass is 16.5. The largest absolute Gasteiger partial charge is 0.464 e. The predicted molar refractivity (Wildman–Crippen MR) is 78.8 cm³/mol. The normalized spacial score (nSPS) is 10.7. The Labute approximate surface area is 124 Å². The molecule has 0 atom stereocenters. The topological polar surface area (TPSA) is 90.6 Å². The quantitative estimate of drug-likeness (QED) is 0.824. The molecule has 0 unspecified atom stereocenters. The van der Waals surface area contributed by atoms with Gasteiger partial charge in [-0.3, -0.25) is 0 Å². The van der Waals surface area contributed by atoms with E-state index in [4.69, 9.17) is 4.74 Å². The summed E-state index contributed by atoms with van der Waals surface area (Å²) >= 11 is 0. The maximum atomic E-state index is 5.40. The van der Waals surface area contributed by atoms with Crippen LogP contribution in [-0.2, 0) is 12.8 Å². The van der Waals surface area contributed by atoms with Crippen LogP contribution in [0.5, 0.6) is 6.01 Å². The van der Waals surface area contributed by atoms with Crippen LogP contribution < -0.4 is 10.1 Å². The van der Waals surface area contributed by atoms with E-state index in [0.29, 0.717) is 25.0 Å². The van der Waals surface area contributed by atoms with E-state index >= 15 is 0 Å². The van der Waals surface area contributed by atoms with Gasteiger partial charge < -0.3 is 10.1 Å². The molecular weight excluding hydrogens is 270 g/mol. The number of aromatic nitrogens is 6. The van der Waals surface area contributed by atoms with E-state index in [2.05, 4.69) is 30.4 Å². The Hall–Kier alpha value is -2.25. The maximum Gasteiger partial charge on any atom is 0.323 e. The van der Waals surface area contributed by atoms with Gasteiger partial charge >= 0.3 is 6.01 Å². The molecule has 1 N–H and O–H groups in total. The molecule has 0 spiro atoms. The predicted octanol–water partition coefficient (Wildman–Crippen LogP) is 1.41. The van der Waals surface area contributed by atoms with E-state index < -0.39 is 0 Å². The molecule has 0 bridgehead atoms. The molecule has 0 saturated carbocycles. The molecular formula is C13H21N7O. The van der Waals surface area contributed by atoms with Crippen molar-refractivity contribution in [1.29, 1.82) is 0 Å². The highest BCUT2D eigenvalue weighted by molar-refractivity contribution is 5.30. The molecule has 2 heterocycles. The number of rotatable bonds is 7. The minimum atomic E-state index is 0.286. The lowest BCUT2D eigenvalue weighted by molar-refractivity contribution is 0.311. The van der Waals surface area contributed by atoms with Crippen LogP contribution in [0.1, 0.15) is 39.3 Å². The summed E-state index contributed by atoms with van der Waals surface area (Å²) < 4.78 is 7.05. The van der Waals surface area contributed by atoms with E-state index in [1.807, 2.05) is 27.7 Å².